The highest BCUT2D eigenvalue weighted by molar-refractivity contribution is 5.38. The highest BCUT2D eigenvalue weighted by atomic mass is 16.5. The van der Waals surface area contributed by atoms with Gasteiger partial charge in [0.1, 0.15) is 0 Å². The van der Waals surface area contributed by atoms with E-state index in [1.165, 1.54) is 11.1 Å². The molecule has 0 aromatic heterocycles. The maximum atomic E-state index is 5.78. The molecule has 0 fully saturated rings. The van der Waals surface area contributed by atoms with Crippen LogP contribution in [0.5, 0.6) is 0 Å². The van der Waals surface area contributed by atoms with Gasteiger partial charge in [0.15, 0.2) is 0 Å². The average molecular weight is 325 g/mol. The van der Waals surface area contributed by atoms with E-state index in [0.717, 1.165) is 28.8 Å². The molecule has 130 valence electrons. The fourth-order valence-corrected chi connectivity index (χ4v) is 2.23. The summed E-state index contributed by atoms with van der Waals surface area (Å²) in [6.45, 7) is 17.0. The summed E-state index contributed by atoms with van der Waals surface area (Å²) < 4.78 is 5.78. The number of hydrogen-bond acceptors (Lipinski definition) is 2. The first-order chi connectivity index (χ1) is 11.3. The topological polar surface area (TPSA) is 21.3 Å². The van der Waals surface area contributed by atoms with E-state index in [-0.39, 0.29) is 6.10 Å². The number of ether oxygens (including phenoxy) is 1. The molecule has 0 heterocycles. The normalized spacial score (nSPS) is 12.4. The average Bonchev–Trinajstić information content (AvgIpc) is 2.53. The molecular weight excluding hydrogens is 294 g/mol. The molecule has 0 bridgehead atoms. The van der Waals surface area contributed by atoms with E-state index in [1.54, 1.807) is 0 Å². The van der Waals surface area contributed by atoms with Gasteiger partial charge in [-0.3, -0.25) is 0 Å². The Kier molecular flexibility index (Phi) is 8.28. The van der Waals surface area contributed by atoms with Crippen molar-refractivity contribution in [3.63, 3.8) is 0 Å². The molecule has 2 heteroatoms. The maximum absolute atomic E-state index is 5.78. The fraction of sp³-hybridized carbons (Fsp3) is 0.364. The van der Waals surface area contributed by atoms with E-state index in [4.69, 9.17) is 4.74 Å². The Balaban J connectivity index is 2.90. The van der Waals surface area contributed by atoms with Crippen molar-refractivity contribution < 1.29 is 4.74 Å². The lowest BCUT2D eigenvalue weighted by atomic mass is 10.0. The van der Waals surface area contributed by atoms with Gasteiger partial charge in [-0.15, -0.1) is 0 Å². The van der Waals surface area contributed by atoms with E-state index in [1.807, 2.05) is 27.8 Å². The molecule has 0 aliphatic carbocycles. The summed E-state index contributed by atoms with van der Waals surface area (Å²) in [6.07, 6.45) is 5.27. The summed E-state index contributed by atoms with van der Waals surface area (Å²) in [4.78, 5) is 0. The van der Waals surface area contributed by atoms with Crippen molar-refractivity contribution >= 4 is 0 Å². The van der Waals surface area contributed by atoms with Crippen molar-refractivity contribution in [3.8, 4) is 0 Å². The van der Waals surface area contributed by atoms with Crippen molar-refractivity contribution in [2.24, 2.45) is 0 Å². The maximum Gasteiger partial charge on any atom is 0.0720 e. The molecule has 2 nitrogen and oxygen atoms in total. The summed E-state index contributed by atoms with van der Waals surface area (Å²) in [5, 5.41) is 3.08. The van der Waals surface area contributed by atoms with Gasteiger partial charge < -0.3 is 10.1 Å². The molecule has 1 rings (SSSR count). The largest absolute Gasteiger partial charge is 0.388 e. The minimum Gasteiger partial charge on any atom is -0.388 e. The predicted octanol–water partition coefficient (Wildman–Crippen LogP) is 5.12. The van der Waals surface area contributed by atoms with Crippen molar-refractivity contribution in [2.75, 3.05) is 13.7 Å². The van der Waals surface area contributed by atoms with Crippen LogP contribution < -0.4 is 5.32 Å². The van der Waals surface area contributed by atoms with Gasteiger partial charge in [-0.2, -0.15) is 0 Å². The van der Waals surface area contributed by atoms with Crippen LogP contribution in [-0.2, 0) is 11.2 Å². The number of likely N-dealkylation sites (N-methyl/N-ethyl adjacent to an activating group) is 1. The van der Waals surface area contributed by atoms with Gasteiger partial charge in [0.2, 0.25) is 0 Å². The van der Waals surface area contributed by atoms with Gasteiger partial charge in [-0.1, -0.05) is 60.7 Å². The van der Waals surface area contributed by atoms with Crippen molar-refractivity contribution in [1.29, 1.82) is 0 Å². The molecule has 0 amide bonds. The highest BCUT2D eigenvalue weighted by Gasteiger charge is 2.03. The molecule has 24 heavy (non-hydrogen) atoms. The van der Waals surface area contributed by atoms with Crippen LogP contribution in [-0.4, -0.2) is 19.8 Å². The van der Waals surface area contributed by atoms with E-state index >= 15 is 0 Å². The summed E-state index contributed by atoms with van der Waals surface area (Å²) in [5.74, 6) is 0. The molecule has 1 N–H and O–H groups in total. The molecule has 0 atom stereocenters. The summed E-state index contributed by atoms with van der Waals surface area (Å²) in [7, 11) is 1.88. The third kappa shape index (κ3) is 7.47. The number of aryl methyl sites for hydroxylation is 1. The monoisotopic (exact) mass is 325 g/mol. The zero-order valence-corrected chi connectivity index (χ0v) is 15.8. The second kappa shape index (κ2) is 9.94. The quantitative estimate of drug-likeness (QED) is 0.636. The zero-order valence-electron chi connectivity index (χ0n) is 15.8. The van der Waals surface area contributed by atoms with Crippen LogP contribution in [0.25, 0.3) is 0 Å². The predicted molar refractivity (Wildman–Crippen MR) is 105 cm³/mol. The van der Waals surface area contributed by atoms with Crippen LogP contribution in [0.4, 0.5) is 0 Å². The lowest BCUT2D eigenvalue weighted by molar-refractivity contribution is 0.0988. The van der Waals surface area contributed by atoms with Crippen LogP contribution in [0.2, 0.25) is 0 Å². The summed E-state index contributed by atoms with van der Waals surface area (Å²) in [6, 6.07) is 8.58. The Morgan fingerprint density at radius 2 is 1.79 bits per heavy atom. The Morgan fingerprint density at radius 3 is 2.33 bits per heavy atom. The first kappa shape index (κ1) is 20.0. The lowest BCUT2D eigenvalue weighted by Gasteiger charge is -2.12. The smallest absolute Gasteiger partial charge is 0.0720 e. The Morgan fingerprint density at radius 1 is 1.17 bits per heavy atom. The van der Waals surface area contributed by atoms with E-state index in [0.29, 0.717) is 6.61 Å². The molecular formula is C22H31NO. The first-order valence-corrected chi connectivity index (χ1v) is 8.42. The van der Waals surface area contributed by atoms with Crippen LogP contribution in [0.3, 0.4) is 0 Å². The van der Waals surface area contributed by atoms with Crippen LogP contribution in [0.1, 0.15) is 31.9 Å². The molecule has 0 unspecified atom stereocenters. The molecule has 0 radical (unpaired) electrons. The molecule has 0 saturated carbocycles. The van der Waals surface area contributed by atoms with E-state index in [2.05, 4.69) is 61.8 Å². The van der Waals surface area contributed by atoms with E-state index < -0.39 is 0 Å². The molecule has 0 spiro atoms. The third-order valence-corrected chi connectivity index (χ3v) is 3.70. The molecule has 0 saturated heterocycles. The molecule has 0 aliphatic rings. The second-order valence-corrected chi connectivity index (χ2v) is 6.46. The van der Waals surface area contributed by atoms with Crippen molar-refractivity contribution in [2.45, 2.75) is 40.2 Å². The van der Waals surface area contributed by atoms with E-state index in [9.17, 15) is 0 Å². The highest BCUT2D eigenvalue weighted by Crippen LogP contribution is 2.15. The third-order valence-electron chi connectivity index (χ3n) is 3.70. The van der Waals surface area contributed by atoms with Gasteiger partial charge in [-0.25, -0.2) is 0 Å². The molecule has 1 aromatic rings. The lowest BCUT2D eigenvalue weighted by Crippen LogP contribution is -2.08. The van der Waals surface area contributed by atoms with Gasteiger partial charge in [0.25, 0.3) is 0 Å². The minimum absolute atomic E-state index is 0.194. The standard InChI is InChI=1S/C22H31NO/c1-16(2)24-15-22(14-19(5)20(6)23-7)13-18(4)12-21-10-8-17(3)9-11-21/h8-11,13-14,16,23H,4,6,12,15H2,1-3,5,7H3/b19-14+,22-13+. The number of benzene rings is 1. The fourth-order valence-electron chi connectivity index (χ4n) is 2.23. The Hall–Kier alpha value is -2.06. The van der Waals surface area contributed by atoms with Crippen molar-refractivity contribution in [1.82, 2.24) is 5.32 Å². The molecule has 1 aromatic carbocycles. The van der Waals surface area contributed by atoms with Crippen molar-refractivity contribution in [3.05, 3.63) is 83.1 Å². The van der Waals surface area contributed by atoms with Gasteiger partial charge in [-0.05, 0) is 50.8 Å². The minimum atomic E-state index is 0.194. The number of allylic oxidation sites excluding steroid dienone is 3. The van der Waals surface area contributed by atoms with Gasteiger partial charge in [0, 0.05) is 12.7 Å². The Bertz CT molecular complexity index is 618. The van der Waals surface area contributed by atoms with Crippen LogP contribution in [0.15, 0.2) is 72.0 Å². The van der Waals surface area contributed by atoms with Gasteiger partial charge in [0.05, 0.1) is 12.7 Å². The summed E-state index contributed by atoms with van der Waals surface area (Å²) in [5.41, 5.74) is 6.73. The summed E-state index contributed by atoms with van der Waals surface area (Å²) >= 11 is 0. The molecule has 0 aliphatic heterocycles. The number of hydrogen-bond donors (Lipinski definition) is 1. The Labute approximate surface area is 147 Å². The number of nitrogens with one attached hydrogen (secondary N) is 1. The van der Waals surface area contributed by atoms with Crippen LogP contribution >= 0.6 is 0 Å². The number of rotatable bonds is 9. The first-order valence-electron chi connectivity index (χ1n) is 8.42. The zero-order chi connectivity index (χ0) is 18.1. The van der Waals surface area contributed by atoms with Gasteiger partial charge >= 0.3 is 0 Å². The van der Waals surface area contributed by atoms with Crippen LogP contribution in [0, 0.1) is 6.92 Å². The SMILES string of the molecule is C=C(/C=C(\C=C(/C)C(=C)NC)COC(C)C)Cc1ccc(C)cc1. The second-order valence-electron chi connectivity index (χ2n) is 6.46.